The summed E-state index contributed by atoms with van der Waals surface area (Å²) in [6, 6.07) is 14.8. The van der Waals surface area contributed by atoms with Crippen LogP contribution >= 0.6 is 23.2 Å². The van der Waals surface area contributed by atoms with Crippen molar-refractivity contribution in [1.82, 2.24) is 0 Å². The molecule has 1 aromatic heterocycles. The fourth-order valence-electron chi connectivity index (χ4n) is 4.43. The number of anilines is 1. The second-order valence-corrected chi connectivity index (χ2v) is 10.6. The molecule has 190 valence electrons. The fraction of sp³-hybridized carbons (Fsp3) is 0.160. The second-order valence-electron chi connectivity index (χ2n) is 8.85. The molecule has 0 saturated heterocycles. The largest absolute Gasteiger partial charge is 0.489 e. The van der Waals surface area contributed by atoms with Gasteiger partial charge in [0.2, 0.25) is 0 Å². The van der Waals surface area contributed by atoms with E-state index in [1.165, 1.54) is 22.5 Å². The molecule has 1 aliphatic rings. The van der Waals surface area contributed by atoms with Crippen LogP contribution in [-0.4, -0.2) is 31.8 Å². The van der Waals surface area contributed by atoms with Gasteiger partial charge in [-0.25, -0.2) is 4.21 Å². The van der Waals surface area contributed by atoms with Gasteiger partial charge >= 0.3 is 7.12 Å². The van der Waals surface area contributed by atoms with Gasteiger partial charge in [-0.15, -0.1) is 0 Å². The predicted octanol–water partition coefficient (Wildman–Crippen LogP) is 4.21. The molecule has 8 nitrogen and oxygen atoms in total. The van der Waals surface area contributed by atoms with Crippen LogP contribution in [0.4, 0.5) is 5.69 Å². The monoisotopic (exact) mass is 558 g/mol. The summed E-state index contributed by atoms with van der Waals surface area (Å²) < 4.78 is 29.8. The minimum atomic E-state index is -2.42. The number of benzene rings is 3. The van der Waals surface area contributed by atoms with E-state index in [1.807, 2.05) is 6.07 Å². The Bertz CT molecular complexity index is 1540. The van der Waals surface area contributed by atoms with Gasteiger partial charge in [0.1, 0.15) is 11.3 Å². The summed E-state index contributed by atoms with van der Waals surface area (Å²) in [6.07, 6.45) is 1.90. The zero-order chi connectivity index (χ0) is 26.4. The van der Waals surface area contributed by atoms with Crippen LogP contribution in [0, 0.1) is 0 Å². The first-order chi connectivity index (χ1) is 17.6. The van der Waals surface area contributed by atoms with Crippen LogP contribution in [-0.2, 0) is 17.8 Å². The van der Waals surface area contributed by atoms with E-state index in [0.29, 0.717) is 33.0 Å². The minimum absolute atomic E-state index is 0.0329. The highest BCUT2D eigenvalue weighted by Gasteiger charge is 2.30. The molecule has 0 aliphatic heterocycles. The molecule has 4 aromatic rings. The SMILES string of the molecule is NC(=O)c1c(-c2ccc(Cl)cc2)oc2cc(CN(c3ccc(B(O)O)c(Cl)c3)S(=O)O)c(C3CC3)cc12. The number of primary amides is 1. The van der Waals surface area contributed by atoms with Crippen LogP contribution in [0.5, 0.6) is 0 Å². The lowest BCUT2D eigenvalue weighted by Crippen LogP contribution is -2.31. The lowest BCUT2D eigenvalue weighted by molar-refractivity contribution is 0.100. The predicted molar refractivity (Wildman–Crippen MR) is 145 cm³/mol. The van der Waals surface area contributed by atoms with E-state index >= 15 is 0 Å². The first-order valence-electron chi connectivity index (χ1n) is 11.3. The Morgan fingerprint density at radius 3 is 2.38 bits per heavy atom. The molecule has 12 heteroatoms. The van der Waals surface area contributed by atoms with Crippen LogP contribution in [0.2, 0.25) is 10.0 Å². The van der Waals surface area contributed by atoms with Crippen molar-refractivity contribution in [2.24, 2.45) is 5.73 Å². The summed E-state index contributed by atoms with van der Waals surface area (Å²) >= 11 is 9.76. The number of amides is 1. The molecule has 1 amide bonds. The number of hydrogen-bond acceptors (Lipinski definition) is 5. The Balaban J connectivity index is 1.62. The smallest absolute Gasteiger partial charge is 0.455 e. The summed E-state index contributed by atoms with van der Waals surface area (Å²) in [5, 5.41) is 20.0. The summed E-state index contributed by atoms with van der Waals surface area (Å²) in [4.78, 5) is 12.5. The van der Waals surface area contributed by atoms with Gasteiger partial charge in [0, 0.05) is 26.5 Å². The minimum Gasteiger partial charge on any atom is -0.455 e. The summed E-state index contributed by atoms with van der Waals surface area (Å²) in [7, 11) is -1.77. The zero-order valence-corrected chi connectivity index (χ0v) is 21.6. The second kappa shape index (κ2) is 10.1. The Kier molecular flexibility index (Phi) is 7.06. The highest BCUT2D eigenvalue weighted by Crippen LogP contribution is 2.45. The van der Waals surface area contributed by atoms with Crippen molar-refractivity contribution >= 4 is 69.6 Å². The van der Waals surface area contributed by atoms with Crippen molar-refractivity contribution < 1.29 is 28.0 Å². The molecule has 0 bridgehead atoms. The van der Waals surface area contributed by atoms with E-state index in [2.05, 4.69) is 0 Å². The molecule has 0 radical (unpaired) electrons. The van der Waals surface area contributed by atoms with Gasteiger partial charge in [-0.2, -0.15) is 0 Å². The van der Waals surface area contributed by atoms with E-state index in [-0.39, 0.29) is 28.5 Å². The lowest BCUT2D eigenvalue weighted by atomic mass is 9.80. The number of carbonyl (C=O) groups excluding carboxylic acids is 1. The molecule has 5 N–H and O–H groups in total. The Hall–Kier alpha value is -2.86. The van der Waals surface area contributed by atoms with Gasteiger partial charge in [0.05, 0.1) is 17.8 Å². The standard InChI is InChI=1S/C25H21BCl2N2O6S/c27-16-5-3-14(4-6-16)24-23(25(29)31)19-11-18(13-1-2-13)15(9-22(19)36-24)12-30(37(34)35)17-7-8-20(26(32)33)21(28)10-17/h3-11,13,32-33H,1-2,12H2,(H2,29,31)(H,34,35). The van der Waals surface area contributed by atoms with Crippen molar-refractivity contribution in [1.29, 1.82) is 0 Å². The Morgan fingerprint density at radius 1 is 1.11 bits per heavy atom. The number of hydrogen-bond donors (Lipinski definition) is 4. The topological polar surface area (TPSA) is 137 Å². The fourth-order valence-corrected chi connectivity index (χ4v) is 5.38. The van der Waals surface area contributed by atoms with Crippen molar-refractivity contribution in [2.75, 3.05) is 4.31 Å². The molecule has 1 heterocycles. The third-order valence-corrected chi connectivity index (χ3v) is 7.67. The van der Waals surface area contributed by atoms with Gasteiger partial charge in [-0.05, 0) is 78.4 Å². The molecule has 1 aliphatic carbocycles. The van der Waals surface area contributed by atoms with Gasteiger partial charge in [0.15, 0.2) is 0 Å². The molecule has 1 atom stereocenters. The van der Waals surface area contributed by atoms with Crippen LogP contribution < -0.4 is 15.5 Å². The highest BCUT2D eigenvalue weighted by atomic mass is 35.5. The van der Waals surface area contributed by atoms with Crippen LogP contribution in [0.15, 0.2) is 59.0 Å². The number of nitrogens with zero attached hydrogens (tertiary/aromatic N) is 1. The van der Waals surface area contributed by atoms with E-state index < -0.39 is 24.3 Å². The lowest BCUT2D eigenvalue weighted by Gasteiger charge is -2.22. The number of rotatable bonds is 8. The molecule has 0 spiro atoms. The maximum absolute atomic E-state index is 12.5. The number of fused-ring (bicyclic) bond motifs is 1. The van der Waals surface area contributed by atoms with Crippen molar-refractivity contribution in [3.05, 3.63) is 81.3 Å². The zero-order valence-electron chi connectivity index (χ0n) is 19.2. The average Bonchev–Trinajstić information content (AvgIpc) is 3.62. The first-order valence-corrected chi connectivity index (χ1v) is 13.1. The van der Waals surface area contributed by atoms with E-state index in [4.69, 9.17) is 33.4 Å². The van der Waals surface area contributed by atoms with Gasteiger partial charge in [-0.3, -0.25) is 13.7 Å². The van der Waals surface area contributed by atoms with Crippen molar-refractivity contribution in [2.45, 2.75) is 25.3 Å². The molecule has 1 fully saturated rings. The van der Waals surface area contributed by atoms with Crippen LogP contribution in [0.3, 0.4) is 0 Å². The average molecular weight is 559 g/mol. The van der Waals surface area contributed by atoms with E-state index in [0.717, 1.165) is 24.0 Å². The molecule has 5 rings (SSSR count). The Labute approximate surface area is 225 Å². The van der Waals surface area contributed by atoms with E-state index in [9.17, 15) is 23.6 Å². The quantitative estimate of drug-likeness (QED) is 0.189. The Morgan fingerprint density at radius 2 is 1.81 bits per heavy atom. The van der Waals surface area contributed by atoms with Gasteiger partial charge in [-0.1, -0.05) is 29.3 Å². The molecule has 1 unspecified atom stereocenters. The van der Waals surface area contributed by atoms with Crippen molar-refractivity contribution in [3.63, 3.8) is 0 Å². The number of carbonyl (C=O) groups is 1. The number of halogens is 2. The third kappa shape index (κ3) is 5.13. The maximum atomic E-state index is 12.5. The van der Waals surface area contributed by atoms with Crippen molar-refractivity contribution in [3.8, 4) is 11.3 Å². The summed E-state index contributed by atoms with van der Waals surface area (Å²) in [5.41, 5.74) is 9.15. The maximum Gasteiger partial charge on any atom is 0.489 e. The normalized spacial score (nSPS) is 14.1. The van der Waals surface area contributed by atoms with Gasteiger partial charge < -0.3 is 20.2 Å². The molecule has 1 saturated carbocycles. The summed E-state index contributed by atoms with van der Waals surface area (Å²) in [5.74, 6) is -0.0684. The van der Waals surface area contributed by atoms with Gasteiger partial charge in [0.25, 0.3) is 17.2 Å². The van der Waals surface area contributed by atoms with Crippen LogP contribution in [0.25, 0.3) is 22.3 Å². The summed E-state index contributed by atoms with van der Waals surface area (Å²) in [6.45, 7) is 0.0329. The molecular weight excluding hydrogens is 538 g/mol. The molecule has 37 heavy (non-hydrogen) atoms. The van der Waals surface area contributed by atoms with Crippen LogP contribution in [0.1, 0.15) is 40.2 Å². The van der Waals surface area contributed by atoms with E-state index in [1.54, 1.807) is 30.3 Å². The highest BCUT2D eigenvalue weighted by molar-refractivity contribution is 7.80. The number of furan rings is 1. The number of nitrogens with two attached hydrogens (primary N) is 1. The first kappa shape index (κ1) is 25.8. The third-order valence-electron chi connectivity index (χ3n) is 6.37. The molecular formula is C25H21BCl2N2O6S. The molecule has 3 aromatic carbocycles.